The van der Waals surface area contributed by atoms with Crippen LogP contribution in [0, 0.1) is 11.6 Å². The number of fused-ring (bicyclic) bond motifs is 2. The highest BCUT2D eigenvalue weighted by Gasteiger charge is 2.35. The summed E-state index contributed by atoms with van der Waals surface area (Å²) in [5, 5.41) is 24.1. The van der Waals surface area contributed by atoms with Crippen LogP contribution in [0.25, 0.3) is 23.0 Å². The monoisotopic (exact) mass is 1030 g/mol. The van der Waals surface area contributed by atoms with Crippen molar-refractivity contribution in [2.75, 3.05) is 17.2 Å². The molecule has 24 heteroatoms. The fourth-order valence-corrected chi connectivity index (χ4v) is 10.8. The topological polar surface area (TPSA) is 250 Å². The first kappa shape index (κ1) is 51.3. The molecular weight excluding hydrogens is 980 g/mol. The maximum absolute atomic E-state index is 14.9. The van der Waals surface area contributed by atoms with Crippen LogP contribution in [0.2, 0.25) is 0 Å². The van der Waals surface area contributed by atoms with Crippen molar-refractivity contribution in [3.63, 3.8) is 0 Å². The number of aromatic nitrogens is 8. The molecule has 0 radical (unpaired) electrons. The standard InChI is InChI=1S/C24H27FN6O3S.C20H21FN6O.C3H6ClNO2S/c1-14(2)31-13-26-29-23(31)21-4-3-5-22(27-21)28-24(32)19-11-16-10-18(9-6-15(16)12-20(19)25)35(33,34)30-17-7-8-17;1-12(2)27-11-23-26-19(27)17-4-3-5-18(24-17)25-20(28)15-8-14-10-22-7-6-13(14)9-16(15)21;4-8(6,7)5-3-1-2-3/h3-5,11-14,17-18,30H,6-10H2,1-2H3,(H,27,28,32);3-5,8-9,11-12,22H,6-7,10H2,1-2H3,(H,24,25,28);3,5H,1-2H2. The summed E-state index contributed by atoms with van der Waals surface area (Å²) in [5.41, 5.74) is 4.29. The van der Waals surface area contributed by atoms with Crippen LogP contribution < -0.4 is 25.4 Å². The molecule has 5 heterocycles. The van der Waals surface area contributed by atoms with E-state index in [1.54, 1.807) is 55.1 Å². The van der Waals surface area contributed by atoms with Gasteiger partial charge >= 0.3 is 0 Å². The van der Waals surface area contributed by atoms with Crippen molar-refractivity contribution in [2.45, 2.75) is 115 Å². The van der Waals surface area contributed by atoms with Gasteiger partial charge in [-0.25, -0.2) is 31.9 Å². The Hall–Kier alpha value is -6.11. The second-order valence-electron chi connectivity index (χ2n) is 18.3. The second-order valence-corrected chi connectivity index (χ2v) is 22.6. The molecule has 4 aliphatic rings. The number of pyridine rings is 2. The van der Waals surface area contributed by atoms with Crippen LogP contribution in [0.5, 0.6) is 0 Å². The molecule has 2 fully saturated rings. The number of rotatable bonds is 13. The molecular formula is C47H54ClF2N13O6S2. The van der Waals surface area contributed by atoms with E-state index in [9.17, 15) is 35.2 Å². The van der Waals surface area contributed by atoms with Crippen molar-refractivity contribution in [1.82, 2.24) is 54.3 Å². The Bertz CT molecular complexity index is 3160. The molecule has 5 N–H and O–H groups in total. The number of hydrogen-bond acceptors (Lipinski definition) is 13. The lowest BCUT2D eigenvalue weighted by atomic mass is 9.89. The van der Waals surface area contributed by atoms with E-state index in [4.69, 9.17) is 10.7 Å². The van der Waals surface area contributed by atoms with Crippen molar-refractivity contribution in [2.24, 2.45) is 0 Å². The average Bonchev–Trinajstić information content (AvgIpc) is 4.20. The molecule has 10 rings (SSSR count). The number of carbonyl (C=O) groups excluding carboxylic acids is 2. The third-order valence-corrected chi connectivity index (χ3v) is 14.9. The first-order valence-electron chi connectivity index (χ1n) is 23.2. The van der Waals surface area contributed by atoms with Crippen LogP contribution in [0.15, 0.2) is 73.3 Å². The minimum atomic E-state index is -3.46. The van der Waals surface area contributed by atoms with Gasteiger partial charge in [0, 0.05) is 41.4 Å². The number of benzene rings is 2. The number of halogens is 3. The number of anilines is 2. The predicted molar refractivity (Wildman–Crippen MR) is 263 cm³/mol. The number of aryl methyl sites for hydroxylation is 1. The van der Waals surface area contributed by atoms with Gasteiger partial charge in [0.25, 0.3) is 21.1 Å². The summed E-state index contributed by atoms with van der Waals surface area (Å²) < 4.78 is 83.7. The highest BCUT2D eigenvalue weighted by atomic mass is 35.7. The van der Waals surface area contributed by atoms with Crippen molar-refractivity contribution < 1.29 is 35.2 Å². The fourth-order valence-electron chi connectivity index (χ4n) is 8.02. The molecule has 19 nitrogen and oxygen atoms in total. The summed E-state index contributed by atoms with van der Waals surface area (Å²) in [6, 6.07) is 16.7. The molecule has 1 aliphatic heterocycles. The normalized spacial score (nSPS) is 16.5. The summed E-state index contributed by atoms with van der Waals surface area (Å²) in [6.07, 6.45) is 8.71. The Kier molecular flexibility index (Phi) is 15.7. The third-order valence-electron chi connectivity index (χ3n) is 12.1. The van der Waals surface area contributed by atoms with Gasteiger partial charge in [0.1, 0.15) is 47.3 Å². The zero-order valence-corrected chi connectivity index (χ0v) is 41.8. The first-order valence-corrected chi connectivity index (χ1v) is 27.1. The smallest absolute Gasteiger partial charge is 0.297 e. The van der Waals surface area contributed by atoms with Gasteiger partial charge in [-0.15, -0.1) is 20.4 Å². The molecule has 0 spiro atoms. The van der Waals surface area contributed by atoms with Crippen LogP contribution in [-0.4, -0.2) is 92.0 Å². The Labute approximate surface area is 414 Å². The predicted octanol–water partition coefficient (Wildman–Crippen LogP) is 6.43. The fraction of sp³-hybridized carbons (Fsp3) is 0.404. The molecule has 1 unspecified atom stereocenters. The van der Waals surface area contributed by atoms with Gasteiger partial charge in [-0.05, 0) is 156 Å². The molecule has 6 aromatic rings. The molecule has 2 aromatic carbocycles. The van der Waals surface area contributed by atoms with E-state index >= 15 is 0 Å². The van der Waals surface area contributed by atoms with E-state index in [-0.39, 0.29) is 47.5 Å². The molecule has 1 atom stereocenters. The molecule has 2 saturated carbocycles. The zero-order valence-electron chi connectivity index (χ0n) is 39.4. The van der Waals surface area contributed by atoms with E-state index < -0.39 is 48.0 Å². The van der Waals surface area contributed by atoms with Crippen LogP contribution in [0.1, 0.15) is 115 Å². The van der Waals surface area contributed by atoms with Crippen LogP contribution in [0.4, 0.5) is 20.4 Å². The highest BCUT2D eigenvalue weighted by molar-refractivity contribution is 8.12. The molecule has 4 aromatic heterocycles. The van der Waals surface area contributed by atoms with Gasteiger partial charge in [-0.3, -0.25) is 9.59 Å². The molecule has 3 aliphatic carbocycles. The lowest BCUT2D eigenvalue weighted by Crippen LogP contribution is -2.39. The van der Waals surface area contributed by atoms with Crippen molar-refractivity contribution in [1.29, 1.82) is 0 Å². The number of nitrogens with zero attached hydrogens (tertiary/aromatic N) is 8. The third kappa shape index (κ3) is 13.3. The van der Waals surface area contributed by atoms with Crippen LogP contribution in [0.3, 0.4) is 0 Å². The van der Waals surface area contributed by atoms with E-state index in [0.717, 1.165) is 55.3 Å². The van der Waals surface area contributed by atoms with E-state index in [1.165, 1.54) is 18.2 Å². The largest absolute Gasteiger partial charge is 0.312 e. The summed E-state index contributed by atoms with van der Waals surface area (Å²) in [5.74, 6) is -0.598. The van der Waals surface area contributed by atoms with E-state index in [0.29, 0.717) is 53.8 Å². The molecule has 0 saturated heterocycles. The summed E-state index contributed by atoms with van der Waals surface area (Å²) >= 11 is 0. The molecule has 376 valence electrons. The Balaban J connectivity index is 0.000000167. The molecule has 71 heavy (non-hydrogen) atoms. The minimum Gasteiger partial charge on any atom is -0.312 e. The van der Waals surface area contributed by atoms with Gasteiger partial charge in [0.2, 0.25) is 10.0 Å². The lowest BCUT2D eigenvalue weighted by molar-refractivity contribution is 0.101. The van der Waals surface area contributed by atoms with Gasteiger partial charge in [0.15, 0.2) is 11.6 Å². The Morgan fingerprint density at radius 1 is 0.676 bits per heavy atom. The first-order chi connectivity index (χ1) is 33.8. The molecule has 2 amide bonds. The summed E-state index contributed by atoms with van der Waals surface area (Å²) in [7, 11) is -2.07. The lowest BCUT2D eigenvalue weighted by Gasteiger charge is -2.25. The summed E-state index contributed by atoms with van der Waals surface area (Å²) in [4.78, 5) is 34.5. The maximum atomic E-state index is 14.9. The number of amides is 2. The van der Waals surface area contributed by atoms with Gasteiger partial charge < -0.3 is 25.1 Å². The van der Waals surface area contributed by atoms with Gasteiger partial charge in [0.05, 0.1) is 16.4 Å². The number of sulfonamides is 1. The Morgan fingerprint density at radius 3 is 1.65 bits per heavy atom. The SMILES string of the molecule is CC(C)n1cnnc1-c1cccc(NC(=O)c2cc3c(cc2F)CCC(S(=O)(=O)NC2CC2)C3)n1.CC(C)n1cnnc1-c1cccc(NC(=O)c2cc3c(cc2F)CCNC3)n1.O=S(=O)(Cl)NC1CC1. The van der Waals surface area contributed by atoms with Crippen LogP contribution in [-0.2, 0) is 45.1 Å². The number of carbonyl (C=O) groups is 2. The van der Waals surface area contributed by atoms with Crippen molar-refractivity contribution in [3.8, 4) is 23.0 Å². The van der Waals surface area contributed by atoms with Crippen molar-refractivity contribution in [3.05, 3.63) is 118 Å². The highest BCUT2D eigenvalue weighted by Crippen LogP contribution is 2.31. The average molecular weight is 1030 g/mol. The maximum Gasteiger partial charge on any atom is 0.297 e. The summed E-state index contributed by atoms with van der Waals surface area (Å²) in [6.45, 7) is 9.48. The van der Waals surface area contributed by atoms with E-state index in [2.05, 4.69) is 55.8 Å². The van der Waals surface area contributed by atoms with E-state index in [1.807, 2.05) is 36.8 Å². The number of nitrogens with one attached hydrogen (secondary N) is 5. The molecule has 0 bridgehead atoms. The van der Waals surface area contributed by atoms with Gasteiger partial charge in [-0.2, -0.15) is 13.1 Å². The minimum absolute atomic E-state index is 0.0139. The second kappa shape index (κ2) is 21.7. The quantitative estimate of drug-likeness (QED) is 0.0784. The number of hydrogen-bond donors (Lipinski definition) is 5. The van der Waals surface area contributed by atoms with Crippen molar-refractivity contribution >= 4 is 53.4 Å². The Morgan fingerprint density at radius 2 is 1.17 bits per heavy atom. The zero-order chi connectivity index (χ0) is 50.6. The van der Waals surface area contributed by atoms with Crippen LogP contribution >= 0.6 is 10.7 Å². The van der Waals surface area contributed by atoms with Gasteiger partial charge in [-0.1, -0.05) is 12.1 Å².